The molecule has 0 aromatic carbocycles. The van der Waals surface area contributed by atoms with Crippen LogP contribution in [-0.4, -0.2) is 29.2 Å². The summed E-state index contributed by atoms with van der Waals surface area (Å²) in [5.74, 6) is -3.62. The molecule has 0 spiro atoms. The molecule has 1 saturated carbocycles. The first-order valence-electron chi connectivity index (χ1n) is 6.29. The normalized spacial score (nSPS) is 25.7. The number of carbonyl (C=O) groups is 2. The van der Waals surface area contributed by atoms with Gasteiger partial charge in [-0.05, 0) is 26.2 Å². The SMILES string of the molecule is CC(CC(=O)O)NC(=O)C1CCCC(C(F)(F)F)C1. The highest BCUT2D eigenvalue weighted by Gasteiger charge is 2.43. The van der Waals surface area contributed by atoms with Crippen LogP contribution >= 0.6 is 0 Å². The molecule has 0 aliphatic heterocycles. The van der Waals surface area contributed by atoms with Crippen LogP contribution in [0.3, 0.4) is 0 Å². The van der Waals surface area contributed by atoms with Gasteiger partial charge in [-0.2, -0.15) is 13.2 Å². The minimum atomic E-state index is -4.26. The molecule has 1 amide bonds. The molecule has 1 fully saturated rings. The lowest BCUT2D eigenvalue weighted by Gasteiger charge is -2.30. The van der Waals surface area contributed by atoms with Crippen LogP contribution in [0.5, 0.6) is 0 Å². The van der Waals surface area contributed by atoms with Crippen LogP contribution in [0.2, 0.25) is 0 Å². The van der Waals surface area contributed by atoms with Gasteiger partial charge < -0.3 is 10.4 Å². The third-order valence-corrected chi connectivity index (χ3v) is 3.38. The van der Waals surface area contributed by atoms with Crippen molar-refractivity contribution in [3.63, 3.8) is 0 Å². The maximum absolute atomic E-state index is 12.6. The number of alkyl halides is 3. The summed E-state index contributed by atoms with van der Waals surface area (Å²) in [6.45, 7) is 1.52. The van der Waals surface area contributed by atoms with E-state index >= 15 is 0 Å². The molecule has 0 aromatic rings. The van der Waals surface area contributed by atoms with E-state index in [1.807, 2.05) is 0 Å². The molecule has 4 nitrogen and oxygen atoms in total. The number of amides is 1. The molecule has 3 atom stereocenters. The Morgan fingerprint density at radius 3 is 2.53 bits per heavy atom. The van der Waals surface area contributed by atoms with E-state index < -0.39 is 35.9 Å². The molecule has 19 heavy (non-hydrogen) atoms. The summed E-state index contributed by atoms with van der Waals surface area (Å²) in [6, 6.07) is -0.573. The molecule has 2 N–H and O–H groups in total. The van der Waals surface area contributed by atoms with Gasteiger partial charge in [-0.15, -0.1) is 0 Å². The van der Waals surface area contributed by atoms with Crippen molar-refractivity contribution in [2.24, 2.45) is 11.8 Å². The molecule has 110 valence electrons. The van der Waals surface area contributed by atoms with Crippen molar-refractivity contribution in [2.75, 3.05) is 0 Å². The minimum Gasteiger partial charge on any atom is -0.481 e. The van der Waals surface area contributed by atoms with Crippen molar-refractivity contribution in [1.29, 1.82) is 0 Å². The second-order valence-corrected chi connectivity index (χ2v) is 5.11. The van der Waals surface area contributed by atoms with Crippen molar-refractivity contribution in [1.82, 2.24) is 5.32 Å². The summed E-state index contributed by atoms with van der Waals surface area (Å²) in [7, 11) is 0. The number of carboxylic acids is 1. The standard InChI is InChI=1S/C12H18F3NO3/c1-7(5-10(17)18)16-11(19)8-3-2-4-9(6-8)12(13,14)15/h7-9H,2-6H2,1H3,(H,16,19)(H,17,18). The largest absolute Gasteiger partial charge is 0.481 e. The highest BCUT2D eigenvalue weighted by molar-refractivity contribution is 5.79. The summed E-state index contributed by atoms with van der Waals surface area (Å²) in [6.07, 6.45) is -3.83. The Bertz CT molecular complexity index is 344. The Kier molecular flexibility index (Phi) is 5.20. The molecule has 0 saturated heterocycles. The van der Waals surface area contributed by atoms with Crippen molar-refractivity contribution in [2.45, 2.75) is 51.2 Å². The van der Waals surface area contributed by atoms with Gasteiger partial charge in [0.2, 0.25) is 5.91 Å². The van der Waals surface area contributed by atoms with Gasteiger partial charge in [0, 0.05) is 12.0 Å². The third kappa shape index (κ3) is 5.08. The van der Waals surface area contributed by atoms with Gasteiger partial charge in [-0.25, -0.2) is 0 Å². The van der Waals surface area contributed by atoms with E-state index in [0.717, 1.165) is 0 Å². The highest BCUT2D eigenvalue weighted by atomic mass is 19.4. The van der Waals surface area contributed by atoms with Crippen LogP contribution in [0.15, 0.2) is 0 Å². The van der Waals surface area contributed by atoms with E-state index in [0.29, 0.717) is 12.8 Å². The number of hydrogen-bond acceptors (Lipinski definition) is 2. The quantitative estimate of drug-likeness (QED) is 0.831. The highest BCUT2D eigenvalue weighted by Crippen LogP contribution is 2.39. The number of hydrogen-bond donors (Lipinski definition) is 2. The predicted molar refractivity (Wildman–Crippen MR) is 61.4 cm³/mol. The van der Waals surface area contributed by atoms with Crippen molar-refractivity contribution >= 4 is 11.9 Å². The molecule has 1 aliphatic rings. The zero-order chi connectivity index (χ0) is 14.6. The Hall–Kier alpha value is -1.27. The van der Waals surface area contributed by atoms with Gasteiger partial charge >= 0.3 is 12.1 Å². The molecule has 0 bridgehead atoms. The average Bonchev–Trinajstić information content (AvgIpc) is 2.26. The molecule has 0 aromatic heterocycles. The Morgan fingerprint density at radius 2 is 2.00 bits per heavy atom. The fourth-order valence-electron chi connectivity index (χ4n) is 2.40. The number of aliphatic carboxylic acids is 1. The van der Waals surface area contributed by atoms with Crippen molar-refractivity contribution in [3.8, 4) is 0 Å². The van der Waals surface area contributed by atoms with Crippen LogP contribution in [0.4, 0.5) is 13.2 Å². The summed E-state index contributed by atoms with van der Waals surface area (Å²) in [5, 5.41) is 11.0. The Balaban J connectivity index is 2.50. The molecular formula is C12H18F3NO3. The Morgan fingerprint density at radius 1 is 1.37 bits per heavy atom. The van der Waals surface area contributed by atoms with Crippen molar-refractivity contribution in [3.05, 3.63) is 0 Å². The first-order chi connectivity index (χ1) is 8.70. The van der Waals surface area contributed by atoms with E-state index in [9.17, 15) is 22.8 Å². The van der Waals surface area contributed by atoms with Gasteiger partial charge in [0.05, 0.1) is 12.3 Å². The third-order valence-electron chi connectivity index (χ3n) is 3.38. The van der Waals surface area contributed by atoms with E-state index in [4.69, 9.17) is 5.11 Å². The second-order valence-electron chi connectivity index (χ2n) is 5.11. The monoisotopic (exact) mass is 281 g/mol. The summed E-state index contributed by atoms with van der Waals surface area (Å²) in [5.41, 5.74) is 0. The van der Waals surface area contributed by atoms with Gasteiger partial charge in [0.25, 0.3) is 0 Å². The zero-order valence-electron chi connectivity index (χ0n) is 10.7. The molecule has 1 aliphatic carbocycles. The van der Waals surface area contributed by atoms with E-state index in [-0.39, 0.29) is 19.3 Å². The van der Waals surface area contributed by atoms with Crippen LogP contribution in [-0.2, 0) is 9.59 Å². The predicted octanol–water partition coefficient (Wildman–Crippen LogP) is 2.33. The maximum Gasteiger partial charge on any atom is 0.391 e. The molecule has 7 heteroatoms. The number of carbonyl (C=O) groups excluding carboxylic acids is 1. The number of carboxylic acid groups (broad SMARTS) is 1. The Labute approximate surface area is 109 Å². The minimum absolute atomic E-state index is 0.0674. The number of rotatable bonds is 4. The van der Waals surface area contributed by atoms with Crippen molar-refractivity contribution < 1.29 is 27.9 Å². The van der Waals surface area contributed by atoms with E-state index in [1.54, 1.807) is 0 Å². The maximum atomic E-state index is 12.6. The summed E-state index contributed by atoms with van der Waals surface area (Å²) < 4.78 is 37.8. The van der Waals surface area contributed by atoms with Crippen LogP contribution < -0.4 is 5.32 Å². The molecular weight excluding hydrogens is 263 g/mol. The lowest BCUT2D eigenvalue weighted by Crippen LogP contribution is -2.41. The van der Waals surface area contributed by atoms with Gasteiger partial charge in [0.15, 0.2) is 0 Å². The van der Waals surface area contributed by atoms with Crippen LogP contribution in [0, 0.1) is 11.8 Å². The fraction of sp³-hybridized carbons (Fsp3) is 0.833. The van der Waals surface area contributed by atoms with E-state index in [2.05, 4.69) is 5.32 Å². The van der Waals surface area contributed by atoms with Gasteiger partial charge in [0.1, 0.15) is 0 Å². The first-order valence-corrected chi connectivity index (χ1v) is 6.29. The molecule has 3 unspecified atom stereocenters. The second kappa shape index (κ2) is 6.25. The first kappa shape index (κ1) is 15.8. The molecule has 0 radical (unpaired) electrons. The fourth-order valence-corrected chi connectivity index (χ4v) is 2.40. The number of nitrogens with one attached hydrogen (secondary N) is 1. The molecule has 0 heterocycles. The summed E-state index contributed by atoms with van der Waals surface area (Å²) >= 11 is 0. The average molecular weight is 281 g/mol. The topological polar surface area (TPSA) is 66.4 Å². The van der Waals surface area contributed by atoms with Crippen LogP contribution in [0.25, 0.3) is 0 Å². The summed E-state index contributed by atoms with van der Waals surface area (Å²) in [4.78, 5) is 22.2. The lowest BCUT2D eigenvalue weighted by atomic mass is 9.80. The van der Waals surface area contributed by atoms with Gasteiger partial charge in [-0.1, -0.05) is 6.42 Å². The molecule has 1 rings (SSSR count). The zero-order valence-corrected chi connectivity index (χ0v) is 10.7. The lowest BCUT2D eigenvalue weighted by molar-refractivity contribution is -0.186. The van der Waals surface area contributed by atoms with Crippen LogP contribution in [0.1, 0.15) is 39.0 Å². The van der Waals surface area contributed by atoms with Gasteiger partial charge in [-0.3, -0.25) is 9.59 Å². The number of halogens is 3. The van der Waals surface area contributed by atoms with E-state index in [1.165, 1.54) is 6.92 Å². The smallest absolute Gasteiger partial charge is 0.391 e.